The Hall–Kier alpha value is -2.13. The maximum Gasteiger partial charge on any atom is 0.248 e. The molecule has 0 aromatic heterocycles. The van der Waals surface area contributed by atoms with Crippen LogP contribution in [-0.4, -0.2) is 5.91 Å². The third kappa shape index (κ3) is 3.45. The minimum absolute atomic E-state index is 0.284. The van der Waals surface area contributed by atoms with Gasteiger partial charge < -0.3 is 11.1 Å². The van der Waals surface area contributed by atoms with Crippen LogP contribution >= 0.6 is 0 Å². The summed E-state index contributed by atoms with van der Waals surface area (Å²) in [5.74, 6) is -0.384. The maximum absolute atomic E-state index is 11.1. The molecule has 2 aromatic carbocycles. The van der Waals surface area contributed by atoms with E-state index in [1.807, 2.05) is 37.3 Å². The minimum Gasteiger partial charge on any atom is -0.366 e. The normalized spacial score (nSPS) is 12.1. The molecule has 0 heterocycles. The molecule has 104 valence electrons. The molecule has 0 saturated heterocycles. The second-order valence-electron chi connectivity index (χ2n) is 5.02. The molecule has 2 aromatic rings. The number of aryl methyl sites for hydroxylation is 1. The number of nitrogens with two attached hydrogens (primary N) is 1. The number of carbonyl (C=O) groups is 1. The summed E-state index contributed by atoms with van der Waals surface area (Å²) in [6.45, 7) is 4.90. The SMILES string of the molecule is Cc1cc(C(N)=O)ccc1CN[C@H](C)c1ccccc1. The summed E-state index contributed by atoms with van der Waals surface area (Å²) in [5, 5.41) is 3.49. The van der Waals surface area contributed by atoms with E-state index in [-0.39, 0.29) is 11.9 Å². The number of primary amides is 1. The molecule has 0 aliphatic rings. The topological polar surface area (TPSA) is 55.1 Å². The first-order valence-corrected chi connectivity index (χ1v) is 6.75. The molecule has 0 saturated carbocycles. The first kappa shape index (κ1) is 14.3. The Morgan fingerprint density at radius 3 is 2.50 bits per heavy atom. The van der Waals surface area contributed by atoms with Gasteiger partial charge in [-0.1, -0.05) is 36.4 Å². The Kier molecular flexibility index (Phi) is 4.53. The Morgan fingerprint density at radius 2 is 1.90 bits per heavy atom. The van der Waals surface area contributed by atoms with Crippen molar-refractivity contribution in [2.45, 2.75) is 26.4 Å². The van der Waals surface area contributed by atoms with Gasteiger partial charge in [-0.25, -0.2) is 0 Å². The van der Waals surface area contributed by atoms with Crippen LogP contribution in [-0.2, 0) is 6.54 Å². The van der Waals surface area contributed by atoms with E-state index in [9.17, 15) is 4.79 Å². The summed E-state index contributed by atoms with van der Waals surface area (Å²) in [6.07, 6.45) is 0. The summed E-state index contributed by atoms with van der Waals surface area (Å²) in [5.41, 5.74) is 9.35. The summed E-state index contributed by atoms with van der Waals surface area (Å²) >= 11 is 0. The van der Waals surface area contributed by atoms with Gasteiger partial charge in [-0.2, -0.15) is 0 Å². The lowest BCUT2D eigenvalue weighted by Crippen LogP contribution is -2.19. The fraction of sp³-hybridized carbons (Fsp3) is 0.235. The second kappa shape index (κ2) is 6.35. The molecule has 0 bridgehead atoms. The minimum atomic E-state index is -0.384. The first-order valence-electron chi connectivity index (χ1n) is 6.75. The molecule has 0 spiro atoms. The molecule has 0 aliphatic heterocycles. The lowest BCUT2D eigenvalue weighted by Gasteiger charge is -2.15. The summed E-state index contributed by atoms with van der Waals surface area (Å²) in [7, 11) is 0. The number of carbonyl (C=O) groups excluding carboxylic acids is 1. The van der Waals surface area contributed by atoms with Crippen LogP contribution in [0.15, 0.2) is 48.5 Å². The van der Waals surface area contributed by atoms with E-state index in [4.69, 9.17) is 5.73 Å². The number of hydrogen-bond donors (Lipinski definition) is 2. The van der Waals surface area contributed by atoms with Crippen LogP contribution in [0.3, 0.4) is 0 Å². The third-order valence-electron chi connectivity index (χ3n) is 3.53. The second-order valence-corrected chi connectivity index (χ2v) is 5.02. The molecule has 3 heteroatoms. The highest BCUT2D eigenvalue weighted by atomic mass is 16.1. The maximum atomic E-state index is 11.1. The van der Waals surface area contributed by atoms with Gasteiger partial charge in [0.15, 0.2) is 0 Å². The van der Waals surface area contributed by atoms with Gasteiger partial charge in [0.25, 0.3) is 0 Å². The molecule has 0 radical (unpaired) electrons. The third-order valence-corrected chi connectivity index (χ3v) is 3.53. The number of rotatable bonds is 5. The quantitative estimate of drug-likeness (QED) is 0.876. The zero-order valence-electron chi connectivity index (χ0n) is 11.9. The fourth-order valence-corrected chi connectivity index (χ4v) is 2.17. The Labute approximate surface area is 119 Å². The zero-order valence-corrected chi connectivity index (χ0v) is 11.9. The Bertz CT molecular complexity index is 593. The highest BCUT2D eigenvalue weighted by molar-refractivity contribution is 5.93. The van der Waals surface area contributed by atoms with Gasteiger partial charge in [0.1, 0.15) is 0 Å². The van der Waals surface area contributed by atoms with E-state index in [0.29, 0.717) is 5.56 Å². The molecule has 0 aliphatic carbocycles. The number of benzene rings is 2. The van der Waals surface area contributed by atoms with Gasteiger partial charge in [-0.3, -0.25) is 4.79 Å². The van der Waals surface area contributed by atoms with E-state index < -0.39 is 0 Å². The van der Waals surface area contributed by atoms with Crippen molar-refractivity contribution in [2.24, 2.45) is 5.73 Å². The van der Waals surface area contributed by atoms with E-state index in [0.717, 1.165) is 12.1 Å². The van der Waals surface area contributed by atoms with Crippen molar-refractivity contribution in [2.75, 3.05) is 0 Å². The van der Waals surface area contributed by atoms with Crippen LogP contribution < -0.4 is 11.1 Å². The lowest BCUT2D eigenvalue weighted by atomic mass is 10.0. The van der Waals surface area contributed by atoms with Gasteiger partial charge in [-0.15, -0.1) is 0 Å². The highest BCUT2D eigenvalue weighted by Crippen LogP contribution is 2.15. The van der Waals surface area contributed by atoms with Crippen molar-refractivity contribution in [1.82, 2.24) is 5.32 Å². The van der Waals surface area contributed by atoms with E-state index in [2.05, 4.69) is 24.4 Å². The van der Waals surface area contributed by atoms with E-state index in [1.54, 1.807) is 6.07 Å². The zero-order chi connectivity index (χ0) is 14.5. The summed E-state index contributed by atoms with van der Waals surface area (Å²) in [4.78, 5) is 11.1. The van der Waals surface area contributed by atoms with Crippen molar-refractivity contribution in [3.8, 4) is 0 Å². The van der Waals surface area contributed by atoms with Crippen LogP contribution in [0.5, 0.6) is 0 Å². The average molecular weight is 268 g/mol. The Morgan fingerprint density at radius 1 is 1.20 bits per heavy atom. The van der Waals surface area contributed by atoms with Crippen LogP contribution in [0.1, 0.15) is 40.0 Å². The number of nitrogens with one attached hydrogen (secondary N) is 1. The molecule has 1 atom stereocenters. The fourth-order valence-electron chi connectivity index (χ4n) is 2.17. The van der Waals surface area contributed by atoms with E-state index >= 15 is 0 Å². The van der Waals surface area contributed by atoms with Crippen molar-refractivity contribution in [3.05, 3.63) is 70.8 Å². The van der Waals surface area contributed by atoms with E-state index in [1.165, 1.54) is 11.1 Å². The monoisotopic (exact) mass is 268 g/mol. The molecule has 3 nitrogen and oxygen atoms in total. The summed E-state index contributed by atoms with van der Waals surface area (Å²) in [6, 6.07) is 16.2. The van der Waals surface area contributed by atoms with Crippen molar-refractivity contribution in [1.29, 1.82) is 0 Å². The largest absolute Gasteiger partial charge is 0.366 e. The van der Waals surface area contributed by atoms with Gasteiger partial charge in [0.2, 0.25) is 5.91 Å². The summed E-state index contributed by atoms with van der Waals surface area (Å²) < 4.78 is 0. The van der Waals surface area contributed by atoms with Crippen molar-refractivity contribution >= 4 is 5.91 Å². The predicted molar refractivity (Wildman–Crippen MR) is 81.4 cm³/mol. The molecule has 3 N–H and O–H groups in total. The van der Waals surface area contributed by atoms with Crippen LogP contribution in [0.2, 0.25) is 0 Å². The number of amides is 1. The molecule has 0 fully saturated rings. The van der Waals surface area contributed by atoms with Crippen LogP contribution in [0.25, 0.3) is 0 Å². The molecule has 1 amide bonds. The molecular weight excluding hydrogens is 248 g/mol. The smallest absolute Gasteiger partial charge is 0.248 e. The average Bonchev–Trinajstić information content (AvgIpc) is 2.46. The first-order chi connectivity index (χ1) is 9.58. The lowest BCUT2D eigenvalue weighted by molar-refractivity contribution is 0.1000. The van der Waals surface area contributed by atoms with Crippen molar-refractivity contribution in [3.63, 3.8) is 0 Å². The predicted octanol–water partition coefficient (Wildman–Crippen LogP) is 2.94. The Balaban J connectivity index is 2.02. The van der Waals surface area contributed by atoms with Crippen LogP contribution in [0, 0.1) is 6.92 Å². The van der Waals surface area contributed by atoms with Crippen molar-refractivity contribution < 1.29 is 4.79 Å². The number of hydrogen-bond acceptors (Lipinski definition) is 2. The molecule has 0 unspecified atom stereocenters. The van der Waals surface area contributed by atoms with Gasteiger partial charge in [0, 0.05) is 18.2 Å². The van der Waals surface area contributed by atoms with Crippen LogP contribution in [0.4, 0.5) is 0 Å². The standard InChI is InChI=1S/C17H20N2O/c1-12-10-15(17(18)20)8-9-16(12)11-19-13(2)14-6-4-3-5-7-14/h3-10,13,19H,11H2,1-2H3,(H2,18,20)/t13-/m1/s1. The van der Waals surface area contributed by atoms with Gasteiger partial charge in [0.05, 0.1) is 0 Å². The highest BCUT2D eigenvalue weighted by Gasteiger charge is 2.07. The van der Waals surface area contributed by atoms with Gasteiger partial charge in [-0.05, 0) is 42.7 Å². The molecule has 20 heavy (non-hydrogen) atoms. The molecule has 2 rings (SSSR count). The molecular formula is C17H20N2O. The van der Waals surface area contributed by atoms with Gasteiger partial charge >= 0.3 is 0 Å².